The topological polar surface area (TPSA) is 72.9 Å². The standard InChI is InChI=1S/C17H27N3O3S/c1-13-11-19(8-9-20(13)12-17(2,3)23)15(21)6-7-18-16(22)14-5-4-10-24-14/h4-5,10,13,23H,6-9,11-12H2,1-3H3,(H,18,22). The number of hydrogen-bond donors (Lipinski definition) is 2. The molecule has 134 valence electrons. The van der Waals surface area contributed by atoms with E-state index in [2.05, 4.69) is 17.1 Å². The highest BCUT2D eigenvalue weighted by atomic mass is 32.1. The molecule has 1 unspecified atom stereocenters. The molecular formula is C17H27N3O3S. The normalized spacial score (nSPS) is 19.3. The zero-order chi connectivity index (χ0) is 17.7. The summed E-state index contributed by atoms with van der Waals surface area (Å²) in [5, 5.41) is 14.6. The third kappa shape index (κ3) is 5.58. The Kier molecular flexibility index (Phi) is 6.37. The van der Waals surface area contributed by atoms with E-state index in [1.54, 1.807) is 19.9 Å². The van der Waals surface area contributed by atoms with Gasteiger partial charge in [-0.3, -0.25) is 14.5 Å². The first-order valence-corrected chi connectivity index (χ1v) is 9.20. The Balaban J connectivity index is 1.73. The molecule has 0 bridgehead atoms. The van der Waals surface area contributed by atoms with Crippen molar-refractivity contribution >= 4 is 23.2 Å². The predicted octanol–water partition coefficient (Wildman–Crippen LogP) is 1.17. The minimum atomic E-state index is -0.730. The van der Waals surface area contributed by atoms with Gasteiger partial charge in [0.25, 0.3) is 5.91 Å². The van der Waals surface area contributed by atoms with Crippen molar-refractivity contribution in [1.82, 2.24) is 15.1 Å². The van der Waals surface area contributed by atoms with Crippen LogP contribution in [-0.2, 0) is 4.79 Å². The van der Waals surface area contributed by atoms with Crippen LogP contribution >= 0.6 is 11.3 Å². The monoisotopic (exact) mass is 353 g/mol. The maximum absolute atomic E-state index is 12.3. The molecule has 1 aromatic heterocycles. The first-order chi connectivity index (χ1) is 11.3. The lowest BCUT2D eigenvalue weighted by Gasteiger charge is -2.42. The van der Waals surface area contributed by atoms with Gasteiger partial charge in [0.05, 0.1) is 10.5 Å². The maximum atomic E-state index is 12.3. The number of carbonyl (C=O) groups excluding carboxylic acids is 2. The van der Waals surface area contributed by atoms with Crippen LogP contribution in [0.1, 0.15) is 36.9 Å². The van der Waals surface area contributed by atoms with Crippen molar-refractivity contribution in [3.8, 4) is 0 Å². The van der Waals surface area contributed by atoms with E-state index >= 15 is 0 Å². The van der Waals surface area contributed by atoms with E-state index < -0.39 is 5.60 Å². The third-order valence-electron chi connectivity index (χ3n) is 4.08. The summed E-state index contributed by atoms with van der Waals surface area (Å²) in [7, 11) is 0. The summed E-state index contributed by atoms with van der Waals surface area (Å²) in [6, 6.07) is 3.82. The SMILES string of the molecule is CC1CN(C(=O)CCNC(=O)c2cccs2)CCN1CC(C)(C)O. The van der Waals surface area contributed by atoms with Crippen molar-refractivity contribution in [2.75, 3.05) is 32.7 Å². The first kappa shape index (κ1) is 18.9. The number of piperazine rings is 1. The van der Waals surface area contributed by atoms with Crippen LogP contribution in [0.4, 0.5) is 0 Å². The van der Waals surface area contributed by atoms with E-state index in [4.69, 9.17) is 0 Å². The van der Waals surface area contributed by atoms with Gasteiger partial charge in [-0.1, -0.05) is 6.07 Å². The first-order valence-electron chi connectivity index (χ1n) is 8.32. The average molecular weight is 353 g/mol. The maximum Gasteiger partial charge on any atom is 0.261 e. The van der Waals surface area contributed by atoms with Crippen LogP contribution in [0.5, 0.6) is 0 Å². The molecule has 2 N–H and O–H groups in total. The summed E-state index contributed by atoms with van der Waals surface area (Å²) in [6.07, 6.45) is 0.315. The Hall–Kier alpha value is -1.44. The van der Waals surface area contributed by atoms with Crippen LogP contribution in [-0.4, -0.2) is 71.1 Å². The second-order valence-corrected chi connectivity index (χ2v) is 7.90. The van der Waals surface area contributed by atoms with Gasteiger partial charge in [-0.15, -0.1) is 11.3 Å². The van der Waals surface area contributed by atoms with Crippen LogP contribution in [0, 0.1) is 0 Å². The highest BCUT2D eigenvalue weighted by Gasteiger charge is 2.29. The molecule has 0 radical (unpaired) electrons. The van der Waals surface area contributed by atoms with Gasteiger partial charge >= 0.3 is 0 Å². The molecule has 1 fully saturated rings. The minimum absolute atomic E-state index is 0.0660. The van der Waals surface area contributed by atoms with Crippen molar-refractivity contribution in [1.29, 1.82) is 0 Å². The molecule has 1 atom stereocenters. The van der Waals surface area contributed by atoms with Gasteiger partial charge in [-0.25, -0.2) is 0 Å². The molecule has 0 saturated carbocycles. The molecule has 0 aromatic carbocycles. The van der Waals surface area contributed by atoms with Gasteiger partial charge in [0.2, 0.25) is 5.91 Å². The summed E-state index contributed by atoms with van der Waals surface area (Å²) in [5.41, 5.74) is -0.730. The van der Waals surface area contributed by atoms with Crippen LogP contribution in [0.25, 0.3) is 0 Å². The Morgan fingerprint density at radius 3 is 2.75 bits per heavy atom. The number of β-amino-alcohol motifs (C(OH)–C–C–N with tert-alkyl or cyclic N) is 1. The number of rotatable bonds is 6. The van der Waals surface area contributed by atoms with Gasteiger partial charge in [0.1, 0.15) is 0 Å². The summed E-state index contributed by atoms with van der Waals surface area (Å²) in [5.74, 6) is -0.0580. The molecule has 1 aromatic rings. The van der Waals surface area contributed by atoms with E-state index in [1.165, 1.54) is 11.3 Å². The molecule has 2 rings (SSSR count). The largest absolute Gasteiger partial charge is 0.389 e. The van der Waals surface area contributed by atoms with Crippen molar-refractivity contribution in [2.45, 2.75) is 38.8 Å². The molecule has 0 aliphatic carbocycles. The quantitative estimate of drug-likeness (QED) is 0.805. The summed E-state index contributed by atoms with van der Waals surface area (Å²) < 4.78 is 0. The van der Waals surface area contributed by atoms with Gasteiger partial charge < -0.3 is 15.3 Å². The second-order valence-electron chi connectivity index (χ2n) is 6.95. The Morgan fingerprint density at radius 1 is 1.42 bits per heavy atom. The molecule has 1 saturated heterocycles. The number of nitrogens with zero attached hydrogens (tertiary/aromatic N) is 2. The fraction of sp³-hybridized carbons (Fsp3) is 0.647. The van der Waals surface area contributed by atoms with Crippen molar-refractivity contribution in [3.63, 3.8) is 0 Å². The molecule has 6 nitrogen and oxygen atoms in total. The highest BCUT2D eigenvalue weighted by molar-refractivity contribution is 7.12. The Morgan fingerprint density at radius 2 is 2.17 bits per heavy atom. The molecular weight excluding hydrogens is 326 g/mol. The van der Waals surface area contributed by atoms with Crippen LogP contribution in [0.3, 0.4) is 0 Å². The van der Waals surface area contributed by atoms with Gasteiger partial charge in [0, 0.05) is 45.2 Å². The fourth-order valence-electron chi connectivity index (χ4n) is 2.89. The highest BCUT2D eigenvalue weighted by Crippen LogP contribution is 2.14. The molecule has 0 spiro atoms. The van der Waals surface area contributed by atoms with Crippen LogP contribution in [0.15, 0.2) is 17.5 Å². The zero-order valence-electron chi connectivity index (χ0n) is 14.6. The lowest BCUT2D eigenvalue weighted by Crippen LogP contribution is -2.56. The number of amides is 2. The number of thiophene rings is 1. The average Bonchev–Trinajstić information content (AvgIpc) is 3.02. The molecule has 24 heavy (non-hydrogen) atoms. The smallest absolute Gasteiger partial charge is 0.261 e. The van der Waals surface area contributed by atoms with Crippen molar-refractivity contribution in [2.24, 2.45) is 0 Å². The van der Waals surface area contributed by atoms with Gasteiger partial charge in [0.15, 0.2) is 0 Å². The van der Waals surface area contributed by atoms with Crippen LogP contribution < -0.4 is 5.32 Å². The lowest BCUT2D eigenvalue weighted by molar-refractivity contribution is -0.134. The summed E-state index contributed by atoms with van der Waals surface area (Å²) in [6.45, 7) is 8.72. The number of aliphatic hydroxyl groups is 1. The van der Waals surface area contributed by atoms with E-state index in [-0.39, 0.29) is 17.9 Å². The van der Waals surface area contributed by atoms with E-state index in [0.29, 0.717) is 37.5 Å². The summed E-state index contributed by atoms with van der Waals surface area (Å²) in [4.78, 5) is 28.9. The van der Waals surface area contributed by atoms with Gasteiger partial charge in [-0.2, -0.15) is 0 Å². The molecule has 2 heterocycles. The lowest BCUT2D eigenvalue weighted by atomic mass is 10.1. The second kappa shape index (κ2) is 8.09. The molecule has 2 amide bonds. The Labute approximate surface area is 147 Å². The summed E-state index contributed by atoms with van der Waals surface area (Å²) >= 11 is 1.39. The Bertz CT molecular complexity index is 554. The van der Waals surface area contributed by atoms with Gasteiger partial charge in [-0.05, 0) is 32.2 Å². The van der Waals surface area contributed by atoms with Crippen molar-refractivity contribution in [3.05, 3.63) is 22.4 Å². The molecule has 1 aliphatic rings. The number of nitrogens with one attached hydrogen (secondary N) is 1. The van der Waals surface area contributed by atoms with E-state index in [9.17, 15) is 14.7 Å². The number of hydrogen-bond acceptors (Lipinski definition) is 5. The molecule has 7 heteroatoms. The zero-order valence-corrected chi connectivity index (χ0v) is 15.4. The van der Waals surface area contributed by atoms with Crippen LogP contribution in [0.2, 0.25) is 0 Å². The predicted molar refractivity (Wildman–Crippen MR) is 95.2 cm³/mol. The molecule has 1 aliphatic heterocycles. The number of carbonyl (C=O) groups is 2. The van der Waals surface area contributed by atoms with Crippen molar-refractivity contribution < 1.29 is 14.7 Å². The minimum Gasteiger partial charge on any atom is -0.389 e. The third-order valence-corrected chi connectivity index (χ3v) is 4.95. The van der Waals surface area contributed by atoms with E-state index in [0.717, 1.165) is 6.54 Å². The fourth-order valence-corrected chi connectivity index (χ4v) is 3.53. The van der Waals surface area contributed by atoms with E-state index in [1.807, 2.05) is 16.3 Å².